The molecule has 0 radical (unpaired) electrons. The van der Waals surface area contributed by atoms with Crippen molar-refractivity contribution >= 4 is 40.3 Å². The second-order valence-electron chi connectivity index (χ2n) is 8.39. The van der Waals surface area contributed by atoms with Gasteiger partial charge in [-0.25, -0.2) is 4.39 Å². The maximum atomic E-state index is 14.7. The van der Waals surface area contributed by atoms with Crippen molar-refractivity contribution in [2.75, 3.05) is 35.9 Å². The highest BCUT2D eigenvalue weighted by molar-refractivity contribution is 8.00. The van der Waals surface area contributed by atoms with E-state index in [9.17, 15) is 4.39 Å². The van der Waals surface area contributed by atoms with E-state index >= 15 is 0 Å². The zero-order valence-electron chi connectivity index (χ0n) is 18.5. The van der Waals surface area contributed by atoms with Gasteiger partial charge in [-0.15, -0.1) is 0 Å². The summed E-state index contributed by atoms with van der Waals surface area (Å²) in [6, 6.07) is 9.83. The number of nitrogens with one attached hydrogen (secondary N) is 2. The quantitative estimate of drug-likeness (QED) is 0.273. The maximum absolute atomic E-state index is 14.7. The number of aromatic amines is 1. The van der Waals surface area contributed by atoms with Crippen molar-refractivity contribution in [3.63, 3.8) is 0 Å². The van der Waals surface area contributed by atoms with Crippen molar-refractivity contribution in [2.45, 2.75) is 44.4 Å². The van der Waals surface area contributed by atoms with Crippen LogP contribution >= 0.6 is 23.7 Å². The van der Waals surface area contributed by atoms with E-state index in [-0.39, 0.29) is 5.82 Å². The fraction of sp³-hybridized carbons (Fsp3) is 0.440. The molecule has 0 unspecified atom stereocenters. The molecule has 166 valence electrons. The Labute approximate surface area is 193 Å². The predicted molar refractivity (Wildman–Crippen MR) is 135 cm³/mol. The normalized spacial score (nSPS) is 14.9. The van der Waals surface area contributed by atoms with Crippen molar-refractivity contribution in [2.24, 2.45) is 0 Å². The third kappa shape index (κ3) is 5.79. The van der Waals surface area contributed by atoms with E-state index in [0.29, 0.717) is 4.90 Å². The summed E-state index contributed by atoms with van der Waals surface area (Å²) in [7, 11) is 0. The number of aryl methyl sites for hydroxylation is 3. The molecule has 0 amide bonds. The molecule has 1 fully saturated rings. The highest BCUT2D eigenvalue weighted by atomic mass is 32.2. The molecule has 0 bridgehead atoms. The fourth-order valence-corrected chi connectivity index (χ4v) is 5.92. The first-order chi connectivity index (χ1) is 15.1. The average molecular weight is 458 g/mol. The highest BCUT2D eigenvalue weighted by Crippen LogP contribution is 2.32. The van der Waals surface area contributed by atoms with Gasteiger partial charge in [0.05, 0.1) is 16.1 Å². The summed E-state index contributed by atoms with van der Waals surface area (Å²) in [5.74, 6) is 2.40. The van der Waals surface area contributed by atoms with Crippen LogP contribution in [-0.4, -0.2) is 41.0 Å². The number of anilines is 1. The van der Waals surface area contributed by atoms with E-state index < -0.39 is 0 Å². The van der Waals surface area contributed by atoms with Gasteiger partial charge in [-0.05, 0) is 86.5 Å². The monoisotopic (exact) mass is 457 g/mol. The van der Waals surface area contributed by atoms with E-state index in [2.05, 4.69) is 58.4 Å². The Morgan fingerprint density at radius 2 is 1.90 bits per heavy atom. The number of halogens is 1. The highest BCUT2D eigenvalue weighted by Gasteiger charge is 2.11. The number of aromatic nitrogens is 1. The molecule has 2 N–H and O–H groups in total. The van der Waals surface area contributed by atoms with Crippen LogP contribution in [0.25, 0.3) is 10.9 Å². The van der Waals surface area contributed by atoms with Crippen LogP contribution in [0.1, 0.15) is 36.0 Å². The maximum Gasteiger partial charge on any atom is 0.138 e. The summed E-state index contributed by atoms with van der Waals surface area (Å²) in [6.45, 7) is 7.91. The first-order valence-electron chi connectivity index (χ1n) is 11.2. The first kappa shape index (κ1) is 22.6. The minimum absolute atomic E-state index is 0.146. The summed E-state index contributed by atoms with van der Waals surface area (Å²) in [5.41, 5.74) is 5.62. The minimum Gasteiger partial charge on any atom is -0.359 e. The van der Waals surface area contributed by atoms with Gasteiger partial charge in [0.25, 0.3) is 0 Å². The Hall–Kier alpha value is -1.63. The van der Waals surface area contributed by atoms with Gasteiger partial charge < -0.3 is 14.6 Å². The lowest BCUT2D eigenvalue weighted by Gasteiger charge is -2.25. The number of thioether (sulfide) groups is 1. The third-order valence-electron chi connectivity index (χ3n) is 6.05. The molecule has 1 aliphatic heterocycles. The molecule has 0 spiro atoms. The number of fused-ring (bicyclic) bond motifs is 1. The lowest BCUT2D eigenvalue weighted by molar-refractivity contribution is 0.294. The number of nitrogens with zero attached hydrogens (tertiary/aromatic N) is 1. The van der Waals surface area contributed by atoms with Crippen LogP contribution in [0.15, 0.2) is 41.4 Å². The van der Waals surface area contributed by atoms with E-state index in [1.165, 1.54) is 72.4 Å². The van der Waals surface area contributed by atoms with Gasteiger partial charge in [0.2, 0.25) is 0 Å². The molecule has 3 aromatic rings. The first-order valence-corrected chi connectivity index (χ1v) is 13.2. The zero-order valence-corrected chi connectivity index (χ0v) is 20.1. The standard InChI is InChI=1S/C25H32FN3S2/c1-18-7-9-22(25-24(18)19(2)17-27-25)28-31-23-10-8-20(16-21(23)26)6-4-3-5-11-29-12-14-30-15-13-29/h7-10,16-17,27-28H,3-6,11-15H2,1-2H3. The number of H-pyrrole nitrogens is 1. The van der Waals surface area contributed by atoms with E-state index in [1.54, 1.807) is 6.07 Å². The molecule has 0 aliphatic carbocycles. The second kappa shape index (κ2) is 10.8. The molecular formula is C25H32FN3S2. The van der Waals surface area contributed by atoms with Crippen LogP contribution in [-0.2, 0) is 6.42 Å². The van der Waals surface area contributed by atoms with Crippen molar-refractivity contribution in [1.82, 2.24) is 9.88 Å². The van der Waals surface area contributed by atoms with Crippen LogP contribution in [0, 0.1) is 19.7 Å². The van der Waals surface area contributed by atoms with Gasteiger partial charge >= 0.3 is 0 Å². The molecular weight excluding hydrogens is 425 g/mol. The lowest BCUT2D eigenvalue weighted by Crippen LogP contribution is -2.33. The number of hydrogen-bond acceptors (Lipinski definition) is 4. The van der Waals surface area contributed by atoms with Crippen molar-refractivity contribution in [1.29, 1.82) is 0 Å². The second-order valence-corrected chi connectivity index (χ2v) is 10.5. The van der Waals surface area contributed by atoms with Gasteiger partial charge in [0, 0.05) is 36.2 Å². The molecule has 3 nitrogen and oxygen atoms in total. The number of unbranched alkanes of at least 4 members (excludes halogenated alkanes) is 2. The predicted octanol–water partition coefficient (Wildman–Crippen LogP) is 6.80. The third-order valence-corrected chi connectivity index (χ3v) is 7.87. The number of rotatable bonds is 9. The van der Waals surface area contributed by atoms with Crippen LogP contribution in [0.5, 0.6) is 0 Å². The number of benzene rings is 2. The number of hydrogen-bond donors (Lipinski definition) is 2. The average Bonchev–Trinajstić information content (AvgIpc) is 3.17. The van der Waals surface area contributed by atoms with Gasteiger partial charge in [-0.3, -0.25) is 0 Å². The zero-order chi connectivity index (χ0) is 21.6. The summed E-state index contributed by atoms with van der Waals surface area (Å²) < 4.78 is 18.0. The SMILES string of the molecule is Cc1ccc(NSc2ccc(CCCCCN3CCSCC3)cc2F)c2[nH]cc(C)c12. The Balaban J connectivity index is 1.26. The Kier molecular flexibility index (Phi) is 7.86. The van der Waals surface area contributed by atoms with Gasteiger partial charge in [0.15, 0.2) is 0 Å². The Morgan fingerprint density at radius 3 is 2.71 bits per heavy atom. The molecule has 0 saturated carbocycles. The largest absolute Gasteiger partial charge is 0.359 e. The smallest absolute Gasteiger partial charge is 0.138 e. The molecule has 2 aromatic carbocycles. The fourth-order valence-electron chi connectivity index (χ4n) is 4.26. The summed E-state index contributed by atoms with van der Waals surface area (Å²) >= 11 is 3.40. The molecule has 0 atom stereocenters. The lowest BCUT2D eigenvalue weighted by atomic mass is 10.1. The van der Waals surface area contributed by atoms with Crippen LogP contribution in [0.4, 0.5) is 10.1 Å². The van der Waals surface area contributed by atoms with Crippen molar-refractivity contribution in [3.8, 4) is 0 Å². The van der Waals surface area contributed by atoms with Crippen molar-refractivity contribution in [3.05, 3.63) is 59.0 Å². The summed E-state index contributed by atoms with van der Waals surface area (Å²) in [5, 5.41) is 1.24. The molecule has 6 heteroatoms. The molecule has 1 saturated heterocycles. The van der Waals surface area contributed by atoms with E-state index in [1.807, 2.05) is 12.3 Å². The van der Waals surface area contributed by atoms with Gasteiger partial charge in [-0.2, -0.15) is 11.8 Å². The van der Waals surface area contributed by atoms with Gasteiger partial charge in [-0.1, -0.05) is 18.6 Å². The molecule has 2 heterocycles. The Bertz CT molecular complexity index is 1010. The molecule has 4 rings (SSSR count). The van der Waals surface area contributed by atoms with Crippen LogP contribution in [0.3, 0.4) is 0 Å². The molecule has 31 heavy (non-hydrogen) atoms. The topological polar surface area (TPSA) is 31.1 Å². The van der Waals surface area contributed by atoms with E-state index in [0.717, 1.165) is 29.6 Å². The van der Waals surface area contributed by atoms with Crippen LogP contribution in [0.2, 0.25) is 0 Å². The molecule has 1 aromatic heterocycles. The minimum atomic E-state index is -0.146. The van der Waals surface area contributed by atoms with Crippen molar-refractivity contribution < 1.29 is 4.39 Å². The summed E-state index contributed by atoms with van der Waals surface area (Å²) in [6.07, 6.45) is 6.55. The van der Waals surface area contributed by atoms with E-state index in [4.69, 9.17) is 0 Å². The van der Waals surface area contributed by atoms with Gasteiger partial charge in [0.1, 0.15) is 5.82 Å². The van der Waals surface area contributed by atoms with Crippen LogP contribution < -0.4 is 4.72 Å². The molecule has 1 aliphatic rings. The summed E-state index contributed by atoms with van der Waals surface area (Å²) in [4.78, 5) is 6.54. The Morgan fingerprint density at radius 1 is 1.06 bits per heavy atom.